The van der Waals surface area contributed by atoms with E-state index in [1.165, 1.54) is 11.1 Å². The predicted molar refractivity (Wildman–Crippen MR) is 91.4 cm³/mol. The van der Waals surface area contributed by atoms with Crippen molar-refractivity contribution in [1.82, 2.24) is 14.7 Å². The van der Waals surface area contributed by atoms with E-state index in [2.05, 4.69) is 12.1 Å². The van der Waals surface area contributed by atoms with Crippen LogP contribution in [0.3, 0.4) is 0 Å². The van der Waals surface area contributed by atoms with E-state index in [4.69, 9.17) is 0 Å². The van der Waals surface area contributed by atoms with Gasteiger partial charge in [0.1, 0.15) is 0 Å². The van der Waals surface area contributed by atoms with E-state index in [-0.39, 0.29) is 23.7 Å². The first-order valence-corrected chi connectivity index (χ1v) is 9.01. The second-order valence-electron chi connectivity index (χ2n) is 7.19. The van der Waals surface area contributed by atoms with Crippen molar-refractivity contribution in [2.75, 3.05) is 32.7 Å². The number of hydrogen-bond donors (Lipinski definition) is 0. The fourth-order valence-corrected chi connectivity index (χ4v) is 3.94. The molecular weight excluding hydrogens is 318 g/mol. The second kappa shape index (κ2) is 6.50. The average Bonchev–Trinajstić information content (AvgIpc) is 3.47. The Morgan fingerprint density at radius 1 is 0.880 bits per heavy atom. The fourth-order valence-electron chi connectivity index (χ4n) is 3.94. The van der Waals surface area contributed by atoms with Crippen molar-refractivity contribution < 1.29 is 14.4 Å². The summed E-state index contributed by atoms with van der Waals surface area (Å²) in [5, 5.41) is 0. The summed E-state index contributed by atoms with van der Waals surface area (Å²) in [6, 6.07) is 8.25. The highest BCUT2D eigenvalue weighted by atomic mass is 16.2. The van der Waals surface area contributed by atoms with E-state index in [0.717, 1.165) is 19.4 Å². The van der Waals surface area contributed by atoms with Crippen molar-refractivity contribution in [3.05, 3.63) is 35.4 Å². The largest absolute Gasteiger partial charge is 0.342 e. The van der Waals surface area contributed by atoms with Crippen molar-refractivity contribution in [2.45, 2.75) is 19.4 Å². The second-order valence-corrected chi connectivity index (χ2v) is 7.19. The first-order valence-electron chi connectivity index (χ1n) is 9.01. The summed E-state index contributed by atoms with van der Waals surface area (Å²) in [5.41, 5.74) is 2.54. The van der Waals surface area contributed by atoms with Crippen LogP contribution in [0.15, 0.2) is 24.3 Å². The molecule has 0 spiro atoms. The van der Waals surface area contributed by atoms with Crippen LogP contribution in [0, 0.1) is 11.8 Å². The molecule has 1 aliphatic carbocycles. The third kappa shape index (κ3) is 3.13. The van der Waals surface area contributed by atoms with Gasteiger partial charge in [-0.2, -0.15) is 0 Å². The summed E-state index contributed by atoms with van der Waals surface area (Å²) < 4.78 is 0. The fraction of sp³-hybridized carbons (Fsp3) is 0.526. The van der Waals surface area contributed by atoms with Gasteiger partial charge in [-0.1, -0.05) is 24.3 Å². The van der Waals surface area contributed by atoms with E-state index in [9.17, 15) is 14.4 Å². The lowest BCUT2D eigenvalue weighted by Gasteiger charge is -2.33. The maximum absolute atomic E-state index is 12.8. The Bertz CT molecular complexity index is 697. The van der Waals surface area contributed by atoms with Gasteiger partial charge < -0.3 is 14.7 Å². The molecule has 0 aromatic heterocycles. The van der Waals surface area contributed by atoms with Crippen LogP contribution in [0.1, 0.15) is 17.5 Å². The monoisotopic (exact) mass is 341 g/mol. The summed E-state index contributed by atoms with van der Waals surface area (Å²) in [5.74, 6) is -0.102. The van der Waals surface area contributed by atoms with Gasteiger partial charge in [0.05, 0.1) is 11.8 Å². The topological polar surface area (TPSA) is 60.9 Å². The van der Waals surface area contributed by atoms with Crippen LogP contribution in [-0.4, -0.2) is 65.6 Å². The highest BCUT2D eigenvalue weighted by molar-refractivity contribution is 5.92. The maximum Gasteiger partial charge on any atom is 0.226 e. The maximum atomic E-state index is 12.8. The molecule has 6 heteroatoms. The zero-order chi connectivity index (χ0) is 17.4. The molecule has 6 nitrogen and oxygen atoms in total. The van der Waals surface area contributed by atoms with Crippen molar-refractivity contribution >= 4 is 18.2 Å². The number of carbonyl (C=O) groups is 3. The number of hydrogen-bond acceptors (Lipinski definition) is 3. The Kier molecular flexibility index (Phi) is 4.19. The van der Waals surface area contributed by atoms with Gasteiger partial charge in [0, 0.05) is 39.3 Å². The van der Waals surface area contributed by atoms with Crippen molar-refractivity contribution in [2.24, 2.45) is 11.8 Å². The van der Waals surface area contributed by atoms with Crippen LogP contribution in [0.2, 0.25) is 0 Å². The molecule has 1 aromatic rings. The van der Waals surface area contributed by atoms with E-state index < -0.39 is 0 Å². The van der Waals surface area contributed by atoms with Gasteiger partial charge in [-0.05, 0) is 24.0 Å². The molecule has 3 aliphatic rings. The Hall–Kier alpha value is -2.37. The molecule has 1 aromatic carbocycles. The third-order valence-electron chi connectivity index (χ3n) is 5.64. The minimum absolute atomic E-state index is 0.0845. The lowest BCUT2D eigenvalue weighted by molar-refractivity contribution is -0.140. The molecule has 2 heterocycles. The van der Waals surface area contributed by atoms with Gasteiger partial charge in [0.15, 0.2) is 0 Å². The third-order valence-corrected chi connectivity index (χ3v) is 5.64. The van der Waals surface area contributed by atoms with E-state index in [0.29, 0.717) is 39.1 Å². The molecule has 3 amide bonds. The van der Waals surface area contributed by atoms with Crippen molar-refractivity contribution in [1.29, 1.82) is 0 Å². The highest BCUT2D eigenvalue weighted by Crippen LogP contribution is 2.42. The smallest absolute Gasteiger partial charge is 0.226 e. The van der Waals surface area contributed by atoms with Gasteiger partial charge in [-0.3, -0.25) is 14.4 Å². The Labute approximate surface area is 147 Å². The minimum Gasteiger partial charge on any atom is -0.342 e. The summed E-state index contributed by atoms with van der Waals surface area (Å²) >= 11 is 0. The van der Waals surface area contributed by atoms with E-state index in [1.807, 2.05) is 21.9 Å². The summed E-state index contributed by atoms with van der Waals surface area (Å²) in [4.78, 5) is 41.5. The number of piperazine rings is 1. The van der Waals surface area contributed by atoms with Gasteiger partial charge >= 0.3 is 0 Å². The lowest BCUT2D eigenvalue weighted by atomic mass is 9.99. The standard InChI is InChI=1S/C19H23N3O3/c23-13-20-7-9-21(10-8-20)18(24)16-11-17(16)19(25)22-6-5-14-3-1-2-4-15(14)12-22/h1-4,13,16-17H,5-12H2. The number of rotatable bonds is 3. The first-order chi connectivity index (χ1) is 12.2. The van der Waals surface area contributed by atoms with Gasteiger partial charge in [-0.15, -0.1) is 0 Å². The Balaban J connectivity index is 1.33. The SMILES string of the molecule is O=CN1CCN(C(=O)C2CC2C(=O)N2CCc3ccccc3C2)CC1. The Morgan fingerprint density at radius 2 is 1.52 bits per heavy atom. The van der Waals surface area contributed by atoms with Gasteiger partial charge in [-0.25, -0.2) is 0 Å². The zero-order valence-electron chi connectivity index (χ0n) is 14.3. The summed E-state index contributed by atoms with van der Waals surface area (Å²) in [7, 11) is 0. The molecule has 1 saturated heterocycles. The average molecular weight is 341 g/mol. The molecule has 1 saturated carbocycles. The number of fused-ring (bicyclic) bond motifs is 1. The predicted octanol–water partition coefficient (Wildman–Crippen LogP) is 0.508. The normalized spacial score (nSPS) is 25.4. The molecule has 25 heavy (non-hydrogen) atoms. The van der Waals surface area contributed by atoms with Crippen molar-refractivity contribution in [3.8, 4) is 0 Å². The van der Waals surface area contributed by atoms with Gasteiger partial charge in [0.2, 0.25) is 18.2 Å². The molecule has 2 aliphatic heterocycles. The van der Waals surface area contributed by atoms with Crippen LogP contribution >= 0.6 is 0 Å². The highest BCUT2D eigenvalue weighted by Gasteiger charge is 2.51. The van der Waals surface area contributed by atoms with Crippen LogP contribution in [-0.2, 0) is 27.3 Å². The zero-order valence-corrected chi connectivity index (χ0v) is 14.3. The number of nitrogens with zero attached hydrogens (tertiary/aromatic N) is 3. The number of amides is 3. The van der Waals surface area contributed by atoms with E-state index >= 15 is 0 Å². The lowest BCUT2D eigenvalue weighted by Crippen LogP contribution is -2.49. The number of benzene rings is 1. The van der Waals surface area contributed by atoms with Crippen molar-refractivity contribution in [3.63, 3.8) is 0 Å². The molecule has 2 unspecified atom stereocenters. The van der Waals surface area contributed by atoms with Crippen LogP contribution in [0.4, 0.5) is 0 Å². The molecule has 2 atom stereocenters. The minimum atomic E-state index is -0.160. The Morgan fingerprint density at radius 3 is 2.20 bits per heavy atom. The van der Waals surface area contributed by atoms with Gasteiger partial charge in [0.25, 0.3) is 0 Å². The van der Waals surface area contributed by atoms with E-state index in [1.54, 1.807) is 4.90 Å². The molecule has 0 N–H and O–H groups in total. The van der Waals surface area contributed by atoms with Crippen LogP contribution < -0.4 is 0 Å². The molecule has 0 bridgehead atoms. The molecular formula is C19H23N3O3. The quantitative estimate of drug-likeness (QED) is 0.753. The van der Waals surface area contributed by atoms with Crippen LogP contribution in [0.25, 0.3) is 0 Å². The number of carbonyl (C=O) groups excluding carboxylic acids is 3. The molecule has 0 radical (unpaired) electrons. The molecule has 4 rings (SSSR count). The molecule has 2 fully saturated rings. The van der Waals surface area contributed by atoms with Crippen LogP contribution in [0.5, 0.6) is 0 Å². The summed E-state index contributed by atoms with van der Waals surface area (Å²) in [6.07, 6.45) is 2.39. The first kappa shape index (κ1) is 16.1. The summed E-state index contributed by atoms with van der Waals surface area (Å²) in [6.45, 7) is 3.72. The molecule has 132 valence electrons.